The predicted molar refractivity (Wildman–Crippen MR) is 117 cm³/mol. The number of amides is 1. The number of anilines is 1. The van der Waals surface area contributed by atoms with E-state index in [0.717, 1.165) is 11.1 Å². The number of rotatable bonds is 9. The van der Waals surface area contributed by atoms with E-state index in [1.54, 1.807) is 12.1 Å². The summed E-state index contributed by atoms with van der Waals surface area (Å²) in [6.07, 6.45) is 1.57. The van der Waals surface area contributed by atoms with E-state index in [1.165, 1.54) is 12.4 Å². The van der Waals surface area contributed by atoms with Crippen LogP contribution < -0.4 is 10.6 Å². The fourth-order valence-corrected chi connectivity index (χ4v) is 3.20. The molecule has 8 nitrogen and oxygen atoms in total. The Morgan fingerprint density at radius 1 is 1.03 bits per heavy atom. The Morgan fingerprint density at radius 2 is 1.81 bits per heavy atom. The fraction of sp³-hybridized carbons (Fsp3) is 0.182. The van der Waals surface area contributed by atoms with Crippen molar-refractivity contribution in [1.29, 1.82) is 0 Å². The Balaban J connectivity index is 1.61. The monoisotopic (exact) mass is 440 g/mol. The Morgan fingerprint density at radius 3 is 2.48 bits per heavy atom. The minimum absolute atomic E-state index is 0.114. The molecule has 3 rings (SSSR count). The number of nitrogens with zero attached hydrogens (tertiary/aromatic N) is 2. The molecule has 4 N–H and O–H groups in total. The summed E-state index contributed by atoms with van der Waals surface area (Å²) in [4.78, 5) is 31.6. The first-order valence-electron chi connectivity index (χ1n) is 9.51. The van der Waals surface area contributed by atoms with E-state index in [9.17, 15) is 14.7 Å². The molecule has 0 spiro atoms. The van der Waals surface area contributed by atoms with Crippen LogP contribution in [0.3, 0.4) is 0 Å². The van der Waals surface area contributed by atoms with Crippen LogP contribution in [0.5, 0.6) is 0 Å². The van der Waals surface area contributed by atoms with Crippen LogP contribution in [0.2, 0.25) is 5.02 Å². The van der Waals surface area contributed by atoms with Crippen LogP contribution in [0.1, 0.15) is 22.5 Å². The summed E-state index contributed by atoms with van der Waals surface area (Å²) < 4.78 is 0. The number of benzene rings is 2. The van der Waals surface area contributed by atoms with Gasteiger partial charge in [-0.2, -0.15) is 0 Å². The highest BCUT2D eigenvalue weighted by Gasteiger charge is 2.15. The van der Waals surface area contributed by atoms with Crippen LogP contribution in [0, 0.1) is 0 Å². The number of carbonyl (C=O) groups excluding carboxylic acids is 1. The van der Waals surface area contributed by atoms with Gasteiger partial charge in [-0.3, -0.25) is 14.6 Å². The molecule has 1 heterocycles. The molecule has 0 saturated carbocycles. The van der Waals surface area contributed by atoms with Gasteiger partial charge in [0.2, 0.25) is 0 Å². The number of aliphatic hydroxyl groups is 1. The minimum atomic E-state index is -1.07. The van der Waals surface area contributed by atoms with Gasteiger partial charge in [-0.15, -0.1) is 0 Å². The number of aliphatic hydroxyl groups excluding tert-OH is 1. The second-order valence-electron chi connectivity index (χ2n) is 6.76. The molecule has 3 aromatic rings. The number of carboxylic acid groups (broad SMARTS) is 1. The molecule has 0 radical (unpaired) electrons. The molecule has 1 atom stereocenters. The smallest absolute Gasteiger partial charge is 0.306 e. The zero-order valence-corrected chi connectivity index (χ0v) is 17.2. The third kappa shape index (κ3) is 6.32. The summed E-state index contributed by atoms with van der Waals surface area (Å²) in [6.45, 7) is 0.408. The molecule has 2 aromatic carbocycles. The number of carboxylic acids is 1. The van der Waals surface area contributed by atoms with Gasteiger partial charge in [0.25, 0.3) is 5.91 Å². The average Bonchev–Trinajstić information content (AvgIpc) is 2.75. The van der Waals surface area contributed by atoms with Crippen LogP contribution in [0.25, 0.3) is 11.1 Å². The maximum atomic E-state index is 12.7. The van der Waals surface area contributed by atoms with Crippen LogP contribution in [0.15, 0.2) is 60.9 Å². The highest BCUT2D eigenvalue weighted by Crippen LogP contribution is 2.30. The lowest BCUT2D eigenvalue weighted by Crippen LogP contribution is -2.28. The number of halogens is 1. The number of aromatic nitrogens is 2. The zero-order valence-electron chi connectivity index (χ0n) is 16.5. The van der Waals surface area contributed by atoms with Crippen LogP contribution in [0.4, 0.5) is 5.82 Å². The number of hydrogen-bond acceptors (Lipinski definition) is 6. The maximum absolute atomic E-state index is 12.7. The quantitative estimate of drug-likeness (QED) is 0.403. The average molecular weight is 441 g/mol. The first-order chi connectivity index (χ1) is 14.9. The van der Waals surface area contributed by atoms with Crippen molar-refractivity contribution < 1.29 is 19.8 Å². The lowest BCUT2D eigenvalue weighted by Gasteiger charge is -2.11. The van der Waals surface area contributed by atoms with E-state index < -0.39 is 18.0 Å². The Bertz CT molecular complexity index is 1050. The molecule has 1 amide bonds. The van der Waals surface area contributed by atoms with Crippen molar-refractivity contribution in [3.63, 3.8) is 0 Å². The summed E-state index contributed by atoms with van der Waals surface area (Å²) in [5.74, 6) is -1.20. The Kier molecular flexibility index (Phi) is 7.66. The van der Waals surface area contributed by atoms with E-state index in [1.807, 2.05) is 36.4 Å². The topological polar surface area (TPSA) is 124 Å². The van der Waals surface area contributed by atoms with Crippen molar-refractivity contribution in [2.24, 2.45) is 0 Å². The number of nitrogens with one attached hydrogen (secondary N) is 2. The number of aliphatic carboxylic acids is 1. The van der Waals surface area contributed by atoms with Crippen LogP contribution >= 0.6 is 11.6 Å². The maximum Gasteiger partial charge on any atom is 0.306 e. The molecule has 9 heteroatoms. The van der Waals surface area contributed by atoms with Crippen molar-refractivity contribution in [3.05, 3.63) is 77.2 Å². The van der Waals surface area contributed by atoms with Gasteiger partial charge in [-0.1, -0.05) is 54.1 Å². The van der Waals surface area contributed by atoms with Crippen molar-refractivity contribution in [2.75, 3.05) is 11.9 Å². The largest absolute Gasteiger partial charge is 0.481 e. The van der Waals surface area contributed by atoms with Gasteiger partial charge in [-0.05, 0) is 11.6 Å². The summed E-state index contributed by atoms with van der Waals surface area (Å²) in [7, 11) is 0. The SMILES string of the molecule is O=C(O)C[C@H](O)CNCc1cnc(NC(=O)c2cccc(-c3ccccc3)c2Cl)cn1. The van der Waals surface area contributed by atoms with Crippen LogP contribution in [-0.2, 0) is 11.3 Å². The van der Waals surface area contributed by atoms with Gasteiger partial charge in [0, 0.05) is 18.7 Å². The molecule has 0 unspecified atom stereocenters. The van der Waals surface area contributed by atoms with Crippen molar-refractivity contribution in [2.45, 2.75) is 19.1 Å². The standard InChI is InChI=1S/C22H21ClN4O4/c23-21-17(14-5-2-1-3-6-14)7-4-8-18(21)22(31)27-19-13-25-15(11-26-19)10-24-12-16(28)9-20(29)30/h1-8,11,13,16,24,28H,9-10,12H2,(H,29,30)(H,26,27,31)/t16-/m0/s1. The minimum Gasteiger partial charge on any atom is -0.481 e. The Hall–Kier alpha value is -3.33. The fourth-order valence-electron chi connectivity index (χ4n) is 2.88. The van der Waals surface area contributed by atoms with E-state index >= 15 is 0 Å². The molecule has 31 heavy (non-hydrogen) atoms. The summed E-state index contributed by atoms with van der Waals surface area (Å²) in [5, 5.41) is 24.1. The van der Waals surface area contributed by atoms with Gasteiger partial charge >= 0.3 is 5.97 Å². The van der Waals surface area contributed by atoms with Crippen LogP contribution in [-0.4, -0.2) is 44.7 Å². The third-order valence-corrected chi connectivity index (χ3v) is 4.78. The first-order valence-corrected chi connectivity index (χ1v) is 9.88. The zero-order chi connectivity index (χ0) is 22.2. The second-order valence-corrected chi connectivity index (χ2v) is 7.14. The number of hydrogen-bond donors (Lipinski definition) is 4. The van der Waals surface area contributed by atoms with E-state index in [4.69, 9.17) is 16.7 Å². The summed E-state index contributed by atoms with van der Waals surface area (Å²) >= 11 is 6.48. The molecular formula is C22H21ClN4O4. The molecule has 1 aromatic heterocycles. The molecule has 0 aliphatic rings. The molecular weight excluding hydrogens is 420 g/mol. The lowest BCUT2D eigenvalue weighted by atomic mass is 10.0. The van der Waals surface area contributed by atoms with Gasteiger partial charge in [0.05, 0.1) is 41.2 Å². The molecule has 160 valence electrons. The van der Waals surface area contributed by atoms with E-state index in [0.29, 0.717) is 22.8 Å². The normalized spacial score (nSPS) is 11.7. The molecule has 0 aliphatic heterocycles. The third-order valence-electron chi connectivity index (χ3n) is 4.37. The van der Waals surface area contributed by atoms with Gasteiger partial charge in [0.1, 0.15) is 0 Å². The van der Waals surface area contributed by atoms with Crippen molar-refractivity contribution in [3.8, 4) is 11.1 Å². The summed E-state index contributed by atoms with van der Waals surface area (Å²) in [5.41, 5.74) is 2.56. The van der Waals surface area contributed by atoms with Gasteiger partial charge in [0.15, 0.2) is 5.82 Å². The highest BCUT2D eigenvalue weighted by atomic mass is 35.5. The molecule has 0 aliphatic carbocycles. The first kappa shape index (κ1) is 22.4. The molecule has 0 bridgehead atoms. The summed E-state index contributed by atoms with van der Waals surface area (Å²) in [6, 6.07) is 14.8. The molecule has 0 fully saturated rings. The lowest BCUT2D eigenvalue weighted by molar-refractivity contribution is -0.139. The van der Waals surface area contributed by atoms with Gasteiger partial charge < -0.3 is 20.8 Å². The molecule has 0 saturated heterocycles. The number of carbonyl (C=O) groups is 2. The van der Waals surface area contributed by atoms with Crippen molar-refractivity contribution in [1.82, 2.24) is 15.3 Å². The Labute approximate surface area is 183 Å². The van der Waals surface area contributed by atoms with Gasteiger partial charge in [-0.25, -0.2) is 4.98 Å². The second kappa shape index (κ2) is 10.6. The predicted octanol–water partition coefficient (Wildman–Crippen LogP) is 2.97. The van der Waals surface area contributed by atoms with Crippen molar-refractivity contribution >= 4 is 29.3 Å². The van der Waals surface area contributed by atoms with E-state index in [-0.39, 0.29) is 18.8 Å². The van der Waals surface area contributed by atoms with E-state index in [2.05, 4.69) is 20.6 Å². The highest BCUT2D eigenvalue weighted by molar-refractivity contribution is 6.37.